The number of benzene rings is 2. The largest absolute Gasteiger partial charge is 0.493 e. The van der Waals surface area contributed by atoms with Gasteiger partial charge in [-0.2, -0.15) is 0 Å². The van der Waals surface area contributed by atoms with E-state index in [9.17, 15) is 14.7 Å². The molecule has 0 spiro atoms. The number of thiazole rings is 1. The molecule has 0 fully saturated rings. The van der Waals surface area contributed by atoms with Crippen molar-refractivity contribution in [3.63, 3.8) is 0 Å². The van der Waals surface area contributed by atoms with Gasteiger partial charge in [0.05, 0.1) is 63.5 Å². The van der Waals surface area contributed by atoms with Gasteiger partial charge in [-0.1, -0.05) is 35.6 Å². The summed E-state index contributed by atoms with van der Waals surface area (Å²) in [5.74, 6) is 0.0193. The van der Waals surface area contributed by atoms with Crippen LogP contribution in [0, 0.1) is 5.41 Å². The molecule has 0 saturated carbocycles. The Hall–Kier alpha value is -3.17. The quantitative estimate of drug-likeness (QED) is 0.326. The highest BCUT2D eigenvalue weighted by Crippen LogP contribution is 2.43. The van der Waals surface area contributed by atoms with Gasteiger partial charge in [0.2, 0.25) is 5.91 Å². The van der Waals surface area contributed by atoms with Gasteiger partial charge in [0, 0.05) is 25.6 Å². The number of quaternary nitrogens is 1. The third-order valence-corrected chi connectivity index (χ3v) is 7.70. The van der Waals surface area contributed by atoms with E-state index in [2.05, 4.69) is 21.1 Å². The normalized spacial score (nSPS) is 14.5. The van der Waals surface area contributed by atoms with Crippen LogP contribution in [0.4, 0.5) is 5.13 Å². The summed E-state index contributed by atoms with van der Waals surface area (Å²) >= 11 is 1.37. The van der Waals surface area contributed by atoms with Crippen LogP contribution in [0.5, 0.6) is 11.5 Å². The first kappa shape index (κ1) is 25.9. The molecule has 1 N–H and O–H groups in total. The van der Waals surface area contributed by atoms with Gasteiger partial charge in [-0.3, -0.25) is 14.5 Å². The van der Waals surface area contributed by atoms with E-state index in [4.69, 9.17) is 14.5 Å². The average molecular weight is 513 g/mol. The third kappa shape index (κ3) is 5.47. The number of ether oxygens (including phenoxy) is 2. The molecule has 1 aliphatic carbocycles. The van der Waals surface area contributed by atoms with Crippen LogP contribution < -0.4 is 14.4 Å². The first-order chi connectivity index (χ1) is 17.0. The maximum atomic E-state index is 13.8. The van der Waals surface area contributed by atoms with E-state index in [1.54, 1.807) is 14.2 Å². The first-order valence-corrected chi connectivity index (χ1v) is 12.8. The highest BCUT2D eigenvalue weighted by Gasteiger charge is 2.47. The molecule has 1 aliphatic rings. The van der Waals surface area contributed by atoms with Crippen LogP contribution >= 0.6 is 11.3 Å². The molecule has 4 rings (SSSR count). The summed E-state index contributed by atoms with van der Waals surface area (Å²) in [7, 11) is 9.71. The van der Waals surface area contributed by atoms with Crippen LogP contribution in [-0.2, 0) is 22.4 Å². The predicted octanol–water partition coefficient (Wildman–Crippen LogP) is 4.00. The molecule has 1 aromatic heterocycles. The van der Waals surface area contributed by atoms with Crippen LogP contribution in [0.25, 0.3) is 10.2 Å². The number of nitrogens with zero attached hydrogens (tertiary/aromatic N) is 3. The van der Waals surface area contributed by atoms with Gasteiger partial charge in [-0.05, 0) is 24.0 Å². The van der Waals surface area contributed by atoms with E-state index < -0.39 is 11.4 Å². The summed E-state index contributed by atoms with van der Waals surface area (Å²) in [6, 6.07) is 11.5. The lowest BCUT2D eigenvalue weighted by Gasteiger charge is -2.30. The van der Waals surface area contributed by atoms with Crippen molar-refractivity contribution in [1.29, 1.82) is 0 Å². The minimum absolute atomic E-state index is 0.227. The van der Waals surface area contributed by atoms with Crippen molar-refractivity contribution in [2.75, 3.05) is 53.4 Å². The van der Waals surface area contributed by atoms with Crippen molar-refractivity contribution >= 4 is 38.6 Å². The monoisotopic (exact) mass is 512 g/mol. The van der Waals surface area contributed by atoms with E-state index in [1.807, 2.05) is 36.4 Å². The molecule has 0 aliphatic heterocycles. The molecule has 3 aromatic rings. The van der Waals surface area contributed by atoms with Crippen molar-refractivity contribution in [3.8, 4) is 11.5 Å². The molecule has 8 nitrogen and oxygen atoms in total. The van der Waals surface area contributed by atoms with Gasteiger partial charge >= 0.3 is 5.97 Å². The van der Waals surface area contributed by atoms with Gasteiger partial charge < -0.3 is 19.1 Å². The number of rotatable bonds is 10. The van der Waals surface area contributed by atoms with Gasteiger partial charge in [-0.15, -0.1) is 0 Å². The number of hydrogen-bond acceptors (Lipinski definition) is 6. The molecule has 2 aromatic carbocycles. The predicted molar refractivity (Wildman–Crippen MR) is 141 cm³/mol. The molecular weight excluding hydrogens is 478 g/mol. The number of carbonyl (C=O) groups is 2. The number of hydrogen-bond donors (Lipinski definition) is 1. The van der Waals surface area contributed by atoms with E-state index in [-0.39, 0.29) is 12.3 Å². The first-order valence-electron chi connectivity index (χ1n) is 12.0. The Morgan fingerprint density at radius 2 is 1.81 bits per heavy atom. The number of carboxylic acid groups (broad SMARTS) is 1. The Kier molecular flexibility index (Phi) is 7.24. The Balaban J connectivity index is 1.57. The van der Waals surface area contributed by atoms with Gasteiger partial charge in [0.15, 0.2) is 16.6 Å². The second kappa shape index (κ2) is 10.1. The molecule has 0 bridgehead atoms. The molecule has 9 heteroatoms. The highest BCUT2D eigenvalue weighted by molar-refractivity contribution is 7.22. The smallest absolute Gasteiger partial charge is 0.304 e. The van der Waals surface area contributed by atoms with Crippen molar-refractivity contribution in [1.82, 2.24) is 4.98 Å². The number of amides is 1. The molecular formula is C27H34N3O5S+. The van der Waals surface area contributed by atoms with Crippen LogP contribution in [0.3, 0.4) is 0 Å². The maximum Gasteiger partial charge on any atom is 0.304 e. The zero-order valence-electron chi connectivity index (χ0n) is 21.5. The van der Waals surface area contributed by atoms with E-state index in [0.29, 0.717) is 41.6 Å². The SMILES string of the molecule is COc1cc2sc(N(C)C(=O)C3(CC(=O)O)Cc4ccccc4C3)nc2cc1OCCC[N+](C)(C)C. The number of fused-ring (bicyclic) bond motifs is 2. The van der Waals surface area contributed by atoms with Crippen LogP contribution in [-0.4, -0.2) is 74.9 Å². The van der Waals surface area contributed by atoms with Crippen LogP contribution in [0.15, 0.2) is 36.4 Å². The second-order valence-electron chi connectivity index (χ2n) is 10.5. The second-order valence-corrected chi connectivity index (χ2v) is 11.5. The van der Waals surface area contributed by atoms with E-state index in [1.165, 1.54) is 16.2 Å². The fourth-order valence-electron chi connectivity index (χ4n) is 4.84. The Morgan fingerprint density at radius 3 is 2.39 bits per heavy atom. The average Bonchev–Trinajstić information content (AvgIpc) is 3.40. The number of methoxy groups -OCH3 is 1. The summed E-state index contributed by atoms with van der Waals surface area (Å²) in [4.78, 5) is 31.8. The Morgan fingerprint density at radius 1 is 1.14 bits per heavy atom. The Bertz CT molecular complexity index is 1260. The number of aromatic nitrogens is 1. The summed E-state index contributed by atoms with van der Waals surface area (Å²) in [5, 5.41) is 10.2. The van der Waals surface area contributed by atoms with Crippen molar-refractivity contribution < 1.29 is 28.7 Å². The van der Waals surface area contributed by atoms with Crippen molar-refractivity contribution in [2.24, 2.45) is 5.41 Å². The van der Waals surface area contributed by atoms with Gasteiger partial charge in [-0.25, -0.2) is 4.98 Å². The third-order valence-electron chi connectivity index (χ3n) is 6.60. The molecule has 0 saturated heterocycles. The van der Waals surface area contributed by atoms with E-state index in [0.717, 1.165) is 33.3 Å². The molecule has 1 amide bonds. The fourth-order valence-corrected chi connectivity index (χ4v) is 5.77. The summed E-state index contributed by atoms with van der Waals surface area (Å²) in [5.41, 5.74) is 1.74. The number of aliphatic carboxylic acids is 1. The standard InChI is InChI=1S/C27H33N3O5S/c1-29(25(33)27(17-24(31)32)15-18-9-6-7-10-19(18)16-27)26-28-20-13-22(21(34-5)14-23(20)36-26)35-12-8-11-30(2,3)4/h6-7,9-10,13-14H,8,11-12,15-17H2,1-5H3/p+1. The molecule has 0 unspecified atom stereocenters. The lowest BCUT2D eigenvalue weighted by Crippen LogP contribution is -2.44. The molecule has 192 valence electrons. The number of carbonyl (C=O) groups excluding carboxylic acids is 1. The van der Waals surface area contributed by atoms with Crippen LogP contribution in [0.2, 0.25) is 0 Å². The lowest BCUT2D eigenvalue weighted by molar-refractivity contribution is -0.870. The molecule has 0 radical (unpaired) electrons. The van der Waals surface area contributed by atoms with Crippen LogP contribution in [0.1, 0.15) is 24.0 Å². The van der Waals surface area contributed by atoms with E-state index >= 15 is 0 Å². The minimum atomic E-state index is -1.03. The molecule has 1 heterocycles. The molecule has 0 atom stereocenters. The van der Waals surface area contributed by atoms with Gasteiger partial charge in [0.1, 0.15) is 0 Å². The topological polar surface area (TPSA) is 89.0 Å². The van der Waals surface area contributed by atoms with Gasteiger partial charge in [0.25, 0.3) is 0 Å². The highest BCUT2D eigenvalue weighted by atomic mass is 32.1. The minimum Gasteiger partial charge on any atom is -0.493 e. The molecule has 36 heavy (non-hydrogen) atoms. The maximum absolute atomic E-state index is 13.8. The summed E-state index contributed by atoms with van der Waals surface area (Å²) in [6.45, 7) is 1.55. The summed E-state index contributed by atoms with van der Waals surface area (Å²) < 4.78 is 13.3. The fraction of sp³-hybridized carbons (Fsp3) is 0.444. The summed E-state index contributed by atoms with van der Waals surface area (Å²) in [6.07, 6.45) is 1.48. The lowest BCUT2D eigenvalue weighted by atomic mass is 9.80. The zero-order valence-corrected chi connectivity index (χ0v) is 22.4. The zero-order chi connectivity index (χ0) is 26.1. The Labute approximate surface area is 215 Å². The van der Waals surface area contributed by atoms with Crippen molar-refractivity contribution in [2.45, 2.75) is 25.7 Å². The van der Waals surface area contributed by atoms with Crippen molar-refractivity contribution in [3.05, 3.63) is 47.5 Å². The number of anilines is 1. The number of carboxylic acids is 1.